The van der Waals surface area contributed by atoms with E-state index in [9.17, 15) is 13.2 Å². The van der Waals surface area contributed by atoms with Gasteiger partial charge in [0.05, 0.1) is 4.90 Å². The van der Waals surface area contributed by atoms with Gasteiger partial charge in [-0.1, -0.05) is 22.0 Å². The number of nitrogens with zero attached hydrogens (tertiary/aromatic N) is 1. The standard InChI is InChI=1S/C11H13BrN2O3S/c1-13-18(16,17)10-4-2-3-9(6-10)14-7-8(12)5-11(14)15/h2-4,6,8,13H,5,7H2,1H3. The summed E-state index contributed by atoms with van der Waals surface area (Å²) >= 11 is 3.39. The number of hydrogen-bond donors (Lipinski definition) is 1. The highest BCUT2D eigenvalue weighted by molar-refractivity contribution is 9.09. The Morgan fingerprint density at radius 2 is 2.17 bits per heavy atom. The van der Waals surface area contributed by atoms with E-state index in [-0.39, 0.29) is 15.6 Å². The number of alkyl halides is 1. The number of nitrogens with one attached hydrogen (secondary N) is 1. The summed E-state index contributed by atoms with van der Waals surface area (Å²) < 4.78 is 25.6. The van der Waals surface area contributed by atoms with E-state index in [4.69, 9.17) is 0 Å². The third-order valence-electron chi connectivity index (χ3n) is 2.79. The van der Waals surface area contributed by atoms with Crippen molar-refractivity contribution in [1.82, 2.24) is 4.72 Å². The predicted molar refractivity (Wildman–Crippen MR) is 72.4 cm³/mol. The molecular formula is C11H13BrN2O3S. The molecule has 1 aromatic carbocycles. The molecule has 5 nitrogen and oxygen atoms in total. The second-order valence-electron chi connectivity index (χ2n) is 4.01. The minimum Gasteiger partial charge on any atom is -0.311 e. The number of carbonyl (C=O) groups is 1. The van der Waals surface area contributed by atoms with Crippen molar-refractivity contribution in [2.45, 2.75) is 16.1 Å². The molecule has 1 N–H and O–H groups in total. The molecule has 98 valence electrons. The van der Waals surface area contributed by atoms with Crippen LogP contribution in [-0.4, -0.2) is 32.7 Å². The first kappa shape index (κ1) is 13.5. The Labute approximate surface area is 114 Å². The van der Waals surface area contributed by atoms with Crippen LogP contribution in [0.5, 0.6) is 0 Å². The van der Waals surface area contributed by atoms with Crippen LogP contribution in [-0.2, 0) is 14.8 Å². The Bertz CT molecular complexity index is 573. The molecule has 0 saturated carbocycles. The number of benzene rings is 1. The van der Waals surface area contributed by atoms with Gasteiger partial charge < -0.3 is 4.90 Å². The number of anilines is 1. The quantitative estimate of drug-likeness (QED) is 0.843. The molecule has 1 aromatic rings. The molecule has 0 aromatic heterocycles. The zero-order valence-electron chi connectivity index (χ0n) is 9.76. The van der Waals surface area contributed by atoms with Crippen molar-refractivity contribution in [2.75, 3.05) is 18.5 Å². The Balaban J connectivity index is 2.37. The molecule has 0 spiro atoms. The van der Waals surface area contributed by atoms with Gasteiger partial charge in [-0.05, 0) is 25.2 Å². The van der Waals surface area contributed by atoms with E-state index >= 15 is 0 Å². The van der Waals surface area contributed by atoms with Gasteiger partial charge in [0.2, 0.25) is 15.9 Å². The van der Waals surface area contributed by atoms with Gasteiger partial charge in [0.25, 0.3) is 0 Å². The lowest BCUT2D eigenvalue weighted by molar-refractivity contribution is -0.117. The number of sulfonamides is 1. The molecule has 1 aliphatic heterocycles. The summed E-state index contributed by atoms with van der Waals surface area (Å²) in [5.74, 6) is -0.00381. The molecule has 1 heterocycles. The fraction of sp³-hybridized carbons (Fsp3) is 0.364. The van der Waals surface area contributed by atoms with E-state index in [0.717, 1.165) is 0 Å². The average Bonchev–Trinajstić information content (AvgIpc) is 2.69. The highest BCUT2D eigenvalue weighted by Crippen LogP contribution is 2.26. The molecule has 1 unspecified atom stereocenters. The third kappa shape index (κ3) is 2.57. The van der Waals surface area contributed by atoms with Crippen molar-refractivity contribution in [3.05, 3.63) is 24.3 Å². The van der Waals surface area contributed by atoms with E-state index in [2.05, 4.69) is 20.7 Å². The summed E-state index contributed by atoms with van der Waals surface area (Å²) in [7, 11) is -2.12. The minimum absolute atomic E-state index is 0.00381. The molecule has 1 aliphatic rings. The van der Waals surface area contributed by atoms with Crippen LogP contribution in [0.1, 0.15) is 6.42 Å². The van der Waals surface area contributed by atoms with Crippen molar-refractivity contribution in [3.8, 4) is 0 Å². The van der Waals surface area contributed by atoms with E-state index < -0.39 is 10.0 Å². The molecule has 1 amide bonds. The Morgan fingerprint density at radius 3 is 2.72 bits per heavy atom. The number of amides is 1. The van der Waals surface area contributed by atoms with Crippen molar-refractivity contribution in [1.29, 1.82) is 0 Å². The van der Waals surface area contributed by atoms with Crippen molar-refractivity contribution in [2.24, 2.45) is 0 Å². The van der Waals surface area contributed by atoms with Crippen LogP contribution in [0.3, 0.4) is 0 Å². The van der Waals surface area contributed by atoms with E-state index in [0.29, 0.717) is 18.7 Å². The lowest BCUT2D eigenvalue weighted by atomic mass is 10.3. The van der Waals surface area contributed by atoms with Crippen LogP contribution in [0, 0.1) is 0 Å². The fourth-order valence-electron chi connectivity index (χ4n) is 1.85. The van der Waals surface area contributed by atoms with Gasteiger partial charge >= 0.3 is 0 Å². The first-order valence-electron chi connectivity index (χ1n) is 5.42. The van der Waals surface area contributed by atoms with Crippen LogP contribution in [0.15, 0.2) is 29.2 Å². The lowest BCUT2D eigenvalue weighted by Crippen LogP contribution is -2.25. The number of halogens is 1. The molecular weight excluding hydrogens is 320 g/mol. The third-order valence-corrected chi connectivity index (χ3v) is 4.81. The number of carbonyl (C=O) groups excluding carboxylic acids is 1. The Morgan fingerprint density at radius 1 is 1.44 bits per heavy atom. The topological polar surface area (TPSA) is 66.5 Å². The number of hydrogen-bond acceptors (Lipinski definition) is 3. The van der Waals surface area contributed by atoms with E-state index in [1.807, 2.05) is 0 Å². The average molecular weight is 333 g/mol. The summed E-state index contributed by atoms with van der Waals surface area (Å²) in [4.78, 5) is 13.6. The smallest absolute Gasteiger partial charge is 0.240 e. The second kappa shape index (κ2) is 4.99. The molecule has 0 radical (unpaired) electrons. The molecule has 0 bridgehead atoms. The van der Waals surface area contributed by atoms with Crippen molar-refractivity contribution < 1.29 is 13.2 Å². The summed E-state index contributed by atoms with van der Waals surface area (Å²) in [6.07, 6.45) is 0.434. The Hall–Kier alpha value is -0.920. The summed E-state index contributed by atoms with van der Waals surface area (Å²) in [5.41, 5.74) is 0.610. The van der Waals surface area contributed by atoms with Gasteiger partial charge in [-0.2, -0.15) is 0 Å². The van der Waals surface area contributed by atoms with Gasteiger partial charge in [0, 0.05) is 23.5 Å². The maximum atomic E-state index is 11.7. The lowest BCUT2D eigenvalue weighted by Gasteiger charge is -2.16. The first-order chi connectivity index (χ1) is 8.44. The first-order valence-corrected chi connectivity index (χ1v) is 7.82. The summed E-state index contributed by atoms with van der Waals surface area (Å²) in [5, 5.41) is 0. The van der Waals surface area contributed by atoms with Crippen molar-refractivity contribution in [3.63, 3.8) is 0 Å². The van der Waals surface area contributed by atoms with Crippen molar-refractivity contribution >= 4 is 37.5 Å². The maximum Gasteiger partial charge on any atom is 0.240 e. The molecule has 2 rings (SSSR count). The van der Waals surface area contributed by atoms with Gasteiger partial charge in [0.1, 0.15) is 0 Å². The molecule has 18 heavy (non-hydrogen) atoms. The molecule has 1 atom stereocenters. The normalized spacial score (nSPS) is 20.4. The second-order valence-corrected chi connectivity index (χ2v) is 7.19. The monoisotopic (exact) mass is 332 g/mol. The van der Waals surface area contributed by atoms with E-state index in [1.54, 1.807) is 17.0 Å². The minimum atomic E-state index is -3.48. The van der Waals surface area contributed by atoms with Gasteiger partial charge in [-0.3, -0.25) is 4.79 Å². The maximum absolute atomic E-state index is 11.7. The fourth-order valence-corrected chi connectivity index (χ4v) is 3.19. The SMILES string of the molecule is CNS(=O)(=O)c1cccc(N2CC(Br)CC2=O)c1. The highest BCUT2D eigenvalue weighted by Gasteiger charge is 2.29. The molecule has 7 heteroatoms. The van der Waals surface area contributed by atoms with Crippen LogP contribution in [0.4, 0.5) is 5.69 Å². The summed E-state index contributed by atoms with van der Waals surface area (Å²) in [6, 6.07) is 6.38. The highest BCUT2D eigenvalue weighted by atomic mass is 79.9. The van der Waals surface area contributed by atoms with Crippen LogP contribution in [0.2, 0.25) is 0 Å². The molecule has 1 saturated heterocycles. The molecule has 1 fully saturated rings. The largest absolute Gasteiger partial charge is 0.311 e. The zero-order valence-corrected chi connectivity index (χ0v) is 12.2. The summed E-state index contributed by atoms with van der Waals surface area (Å²) in [6.45, 7) is 0.557. The predicted octanol–water partition coefficient (Wildman–Crippen LogP) is 1.09. The van der Waals surface area contributed by atoms with Gasteiger partial charge in [0.15, 0.2) is 0 Å². The van der Waals surface area contributed by atoms with Gasteiger partial charge in [-0.25, -0.2) is 13.1 Å². The van der Waals surface area contributed by atoms with Crippen LogP contribution < -0.4 is 9.62 Å². The zero-order chi connectivity index (χ0) is 13.3. The number of rotatable bonds is 3. The van der Waals surface area contributed by atoms with E-state index in [1.165, 1.54) is 19.2 Å². The van der Waals surface area contributed by atoms with Gasteiger partial charge in [-0.15, -0.1) is 0 Å². The Kier molecular flexibility index (Phi) is 3.74. The molecule has 0 aliphatic carbocycles. The van der Waals surface area contributed by atoms with Crippen LogP contribution >= 0.6 is 15.9 Å². The van der Waals surface area contributed by atoms with Crippen LogP contribution in [0.25, 0.3) is 0 Å².